The van der Waals surface area contributed by atoms with Crippen LogP contribution in [-0.2, 0) is 6.54 Å². The van der Waals surface area contributed by atoms with Crippen LogP contribution in [0.25, 0.3) is 0 Å². The normalized spacial score (nSPS) is 12.1. The third kappa shape index (κ3) is 3.65. The molecule has 0 aliphatic heterocycles. The van der Waals surface area contributed by atoms with Crippen LogP contribution in [0.1, 0.15) is 24.1 Å². The molecule has 0 aliphatic carbocycles. The quantitative estimate of drug-likeness (QED) is 0.829. The molecule has 0 saturated carbocycles. The van der Waals surface area contributed by atoms with Gasteiger partial charge in [0.1, 0.15) is 6.04 Å². The first-order chi connectivity index (χ1) is 10.2. The average molecular weight is 286 g/mol. The van der Waals surface area contributed by atoms with Crippen LogP contribution in [0.2, 0.25) is 0 Å². The van der Waals surface area contributed by atoms with Gasteiger partial charge in [-0.15, -0.1) is 0 Å². The fraction of sp³-hybridized carbons (Fsp3) is 0.235. The van der Waals surface area contributed by atoms with E-state index < -0.39 is 17.7 Å². The van der Waals surface area contributed by atoms with Gasteiger partial charge in [-0.05, 0) is 29.8 Å². The lowest BCUT2D eigenvalue weighted by Crippen LogP contribution is -2.27. The van der Waals surface area contributed by atoms with Crippen LogP contribution < -0.4 is 0 Å². The minimum atomic E-state index is -0.927. The smallest absolute Gasteiger partial charge is 0.159 e. The van der Waals surface area contributed by atoms with Crippen LogP contribution in [0.15, 0.2) is 48.5 Å². The lowest BCUT2D eigenvalue weighted by atomic mass is 10.0. The highest BCUT2D eigenvalue weighted by Crippen LogP contribution is 2.23. The van der Waals surface area contributed by atoms with E-state index in [1.165, 1.54) is 6.07 Å². The van der Waals surface area contributed by atoms with Gasteiger partial charge in [-0.25, -0.2) is 8.78 Å². The molecule has 0 bridgehead atoms. The van der Waals surface area contributed by atoms with E-state index in [1.807, 2.05) is 42.2 Å². The molecule has 1 unspecified atom stereocenters. The molecule has 0 aromatic heterocycles. The molecule has 0 heterocycles. The lowest BCUT2D eigenvalue weighted by Gasteiger charge is -2.26. The Morgan fingerprint density at radius 2 is 1.81 bits per heavy atom. The first-order valence-electron chi connectivity index (χ1n) is 6.78. The van der Waals surface area contributed by atoms with Gasteiger partial charge in [0.2, 0.25) is 0 Å². The summed E-state index contributed by atoms with van der Waals surface area (Å²) in [5.41, 5.74) is 1.54. The van der Waals surface area contributed by atoms with E-state index >= 15 is 0 Å². The van der Waals surface area contributed by atoms with E-state index in [4.69, 9.17) is 0 Å². The Labute approximate surface area is 123 Å². The molecule has 2 nitrogen and oxygen atoms in total. The summed E-state index contributed by atoms with van der Waals surface area (Å²) >= 11 is 0. The monoisotopic (exact) mass is 286 g/mol. The maximum Gasteiger partial charge on any atom is 0.159 e. The van der Waals surface area contributed by atoms with Crippen LogP contribution in [0.3, 0.4) is 0 Å². The molecular weight excluding hydrogens is 270 g/mol. The third-order valence-corrected chi connectivity index (χ3v) is 3.38. The molecule has 2 aromatic rings. The molecule has 2 rings (SSSR count). The number of rotatable bonds is 5. The number of benzene rings is 2. The van der Waals surface area contributed by atoms with E-state index in [0.29, 0.717) is 18.7 Å². The highest BCUT2D eigenvalue weighted by atomic mass is 19.2. The summed E-state index contributed by atoms with van der Waals surface area (Å²) in [5, 5.41) is 9.41. The van der Waals surface area contributed by atoms with Gasteiger partial charge in [-0.1, -0.05) is 43.3 Å². The van der Waals surface area contributed by atoms with Gasteiger partial charge in [0, 0.05) is 6.54 Å². The Balaban J connectivity index is 2.25. The number of hydrogen-bond donors (Lipinski definition) is 0. The van der Waals surface area contributed by atoms with Crippen molar-refractivity contribution in [3.05, 3.63) is 71.3 Å². The topological polar surface area (TPSA) is 27.0 Å². The van der Waals surface area contributed by atoms with Crippen molar-refractivity contribution < 1.29 is 8.78 Å². The molecule has 0 N–H and O–H groups in total. The van der Waals surface area contributed by atoms with E-state index in [0.717, 1.165) is 17.7 Å². The zero-order chi connectivity index (χ0) is 15.2. The Kier molecular flexibility index (Phi) is 5.02. The fourth-order valence-corrected chi connectivity index (χ4v) is 2.25. The van der Waals surface area contributed by atoms with Crippen molar-refractivity contribution in [2.24, 2.45) is 0 Å². The van der Waals surface area contributed by atoms with Crippen LogP contribution >= 0.6 is 0 Å². The molecule has 0 spiro atoms. The number of nitriles is 1. The van der Waals surface area contributed by atoms with Crippen LogP contribution in [0.5, 0.6) is 0 Å². The van der Waals surface area contributed by atoms with Crippen molar-refractivity contribution in [3.63, 3.8) is 0 Å². The molecule has 1 atom stereocenters. The summed E-state index contributed by atoms with van der Waals surface area (Å²) in [6, 6.07) is 14.9. The van der Waals surface area contributed by atoms with Crippen molar-refractivity contribution in [3.8, 4) is 6.07 Å². The van der Waals surface area contributed by atoms with Gasteiger partial charge < -0.3 is 0 Å². The summed E-state index contributed by atoms with van der Waals surface area (Å²) in [7, 11) is 0. The van der Waals surface area contributed by atoms with Crippen molar-refractivity contribution in [2.45, 2.75) is 19.5 Å². The molecule has 21 heavy (non-hydrogen) atoms. The molecule has 0 fully saturated rings. The fourth-order valence-electron chi connectivity index (χ4n) is 2.25. The van der Waals surface area contributed by atoms with E-state index in [2.05, 4.69) is 6.07 Å². The van der Waals surface area contributed by atoms with Gasteiger partial charge in [0.05, 0.1) is 6.07 Å². The minimum Gasteiger partial charge on any atom is -0.280 e. The highest BCUT2D eigenvalue weighted by Gasteiger charge is 2.20. The zero-order valence-corrected chi connectivity index (χ0v) is 11.8. The Morgan fingerprint density at radius 1 is 1.10 bits per heavy atom. The number of hydrogen-bond acceptors (Lipinski definition) is 2. The van der Waals surface area contributed by atoms with Crippen LogP contribution in [0.4, 0.5) is 8.78 Å². The third-order valence-electron chi connectivity index (χ3n) is 3.38. The van der Waals surface area contributed by atoms with Crippen molar-refractivity contribution in [1.82, 2.24) is 4.90 Å². The van der Waals surface area contributed by atoms with Crippen molar-refractivity contribution in [2.75, 3.05) is 6.54 Å². The Morgan fingerprint density at radius 3 is 2.38 bits per heavy atom. The molecule has 0 saturated heterocycles. The maximum absolute atomic E-state index is 13.4. The predicted octanol–water partition coefficient (Wildman–Crippen LogP) is 4.05. The molecule has 4 heteroatoms. The first kappa shape index (κ1) is 15.1. The van der Waals surface area contributed by atoms with Gasteiger partial charge in [-0.2, -0.15) is 5.26 Å². The summed E-state index contributed by atoms with van der Waals surface area (Å²) in [6.45, 7) is 3.15. The summed E-state index contributed by atoms with van der Waals surface area (Å²) < 4.78 is 26.4. The largest absolute Gasteiger partial charge is 0.280 e. The van der Waals surface area contributed by atoms with E-state index in [-0.39, 0.29) is 0 Å². The second kappa shape index (κ2) is 6.96. The maximum atomic E-state index is 13.4. The van der Waals surface area contributed by atoms with E-state index in [1.54, 1.807) is 0 Å². The van der Waals surface area contributed by atoms with Crippen molar-refractivity contribution >= 4 is 0 Å². The van der Waals surface area contributed by atoms with Gasteiger partial charge in [-0.3, -0.25) is 4.90 Å². The molecule has 108 valence electrons. The lowest BCUT2D eigenvalue weighted by molar-refractivity contribution is 0.239. The Hall–Kier alpha value is -2.25. The van der Waals surface area contributed by atoms with Crippen molar-refractivity contribution in [1.29, 1.82) is 5.26 Å². The zero-order valence-electron chi connectivity index (χ0n) is 11.8. The van der Waals surface area contributed by atoms with Gasteiger partial charge in [0.15, 0.2) is 11.6 Å². The summed E-state index contributed by atoms with van der Waals surface area (Å²) in [5.74, 6) is -1.83. The second-order valence-corrected chi connectivity index (χ2v) is 4.75. The van der Waals surface area contributed by atoms with E-state index in [9.17, 15) is 14.0 Å². The standard InChI is InChI=1S/C17H16F2N2/c1-2-21(12-13-6-4-3-5-7-13)17(11-20)14-8-9-15(18)16(19)10-14/h3-10,17H,2,12H2,1H3. The summed E-state index contributed by atoms with van der Waals surface area (Å²) in [4.78, 5) is 1.92. The van der Waals surface area contributed by atoms with Crippen LogP contribution in [0, 0.1) is 23.0 Å². The SMILES string of the molecule is CCN(Cc1ccccc1)C(C#N)c1ccc(F)c(F)c1. The summed E-state index contributed by atoms with van der Waals surface area (Å²) in [6.07, 6.45) is 0. The van der Waals surface area contributed by atoms with Gasteiger partial charge >= 0.3 is 0 Å². The van der Waals surface area contributed by atoms with Gasteiger partial charge in [0.25, 0.3) is 0 Å². The predicted molar refractivity (Wildman–Crippen MR) is 77.2 cm³/mol. The molecular formula is C17H16F2N2. The highest BCUT2D eigenvalue weighted by molar-refractivity contribution is 5.26. The first-order valence-corrected chi connectivity index (χ1v) is 6.78. The number of halogens is 2. The second-order valence-electron chi connectivity index (χ2n) is 4.75. The molecule has 2 aromatic carbocycles. The molecule has 0 aliphatic rings. The Bertz CT molecular complexity index is 635. The minimum absolute atomic E-state index is 0.467. The molecule has 0 amide bonds. The number of nitrogens with zero attached hydrogens (tertiary/aromatic N) is 2. The van der Waals surface area contributed by atoms with Crippen LogP contribution in [-0.4, -0.2) is 11.4 Å². The molecule has 0 radical (unpaired) electrons. The average Bonchev–Trinajstić information content (AvgIpc) is 2.51.